The Morgan fingerprint density at radius 3 is 2.83 bits per heavy atom. The van der Waals surface area contributed by atoms with Crippen LogP contribution in [0, 0.1) is 10.1 Å². The number of rotatable bonds is 8. The minimum absolute atomic E-state index is 0.0632. The Bertz CT molecular complexity index is 971. The second-order valence-electron chi connectivity index (χ2n) is 7.16. The van der Waals surface area contributed by atoms with Crippen molar-refractivity contribution in [3.8, 4) is 0 Å². The third-order valence-corrected chi connectivity index (χ3v) is 6.72. The van der Waals surface area contributed by atoms with Crippen LogP contribution in [-0.4, -0.2) is 32.7 Å². The predicted octanol–water partition coefficient (Wildman–Crippen LogP) is 4.48. The molecule has 0 aromatic carbocycles. The van der Waals surface area contributed by atoms with E-state index in [9.17, 15) is 19.7 Å². The van der Waals surface area contributed by atoms with Crippen LogP contribution in [-0.2, 0) is 28.9 Å². The molecule has 0 spiro atoms. The fourth-order valence-electron chi connectivity index (χ4n) is 3.23. The van der Waals surface area contributed by atoms with Crippen LogP contribution in [0.1, 0.15) is 60.3 Å². The van der Waals surface area contributed by atoms with Crippen LogP contribution in [0.3, 0.4) is 0 Å². The molecule has 30 heavy (non-hydrogen) atoms. The summed E-state index contributed by atoms with van der Waals surface area (Å²) < 4.78 is 7.14. The number of nitrogens with zero attached hydrogens (tertiary/aromatic N) is 3. The number of halogens is 1. The van der Waals surface area contributed by atoms with E-state index < -0.39 is 10.9 Å². The monoisotopic (exact) mass is 498 g/mol. The first-order valence-corrected chi connectivity index (χ1v) is 11.4. The van der Waals surface area contributed by atoms with E-state index in [1.807, 2.05) is 13.8 Å². The number of esters is 1. The number of amides is 1. The topological polar surface area (TPSA) is 116 Å². The molecule has 0 aliphatic heterocycles. The lowest BCUT2D eigenvalue weighted by Gasteiger charge is -2.15. The smallest absolute Gasteiger partial charge is 0.404 e. The Morgan fingerprint density at radius 2 is 2.17 bits per heavy atom. The molecule has 0 saturated carbocycles. The summed E-state index contributed by atoms with van der Waals surface area (Å²) in [5, 5.41) is 18.1. The molecule has 1 aliphatic rings. The molecule has 2 aromatic heterocycles. The zero-order valence-electron chi connectivity index (χ0n) is 16.8. The molecule has 2 heterocycles. The number of hydrogen-bond donors (Lipinski definition) is 1. The van der Waals surface area contributed by atoms with E-state index in [0.717, 1.165) is 36.1 Å². The lowest BCUT2D eigenvalue weighted by Crippen LogP contribution is -2.19. The summed E-state index contributed by atoms with van der Waals surface area (Å²) in [5.74, 6) is -0.984. The Balaban J connectivity index is 1.73. The number of ether oxygens (including phenoxy) is 1. The van der Waals surface area contributed by atoms with Gasteiger partial charge in [0.15, 0.2) is 0 Å². The van der Waals surface area contributed by atoms with Crippen molar-refractivity contribution >= 4 is 50.0 Å². The summed E-state index contributed by atoms with van der Waals surface area (Å²) in [6.45, 7) is 3.97. The van der Waals surface area contributed by atoms with Crippen molar-refractivity contribution in [1.82, 2.24) is 9.78 Å². The molecule has 162 valence electrons. The third-order valence-electron chi connectivity index (χ3n) is 4.95. The number of hydrogen-bond acceptors (Lipinski definition) is 7. The number of nitro groups is 1. The molecule has 1 N–H and O–H groups in total. The van der Waals surface area contributed by atoms with Gasteiger partial charge in [-0.2, -0.15) is 4.68 Å². The Kier molecular flexibility index (Phi) is 7.24. The van der Waals surface area contributed by atoms with Crippen molar-refractivity contribution in [2.24, 2.45) is 0 Å². The van der Waals surface area contributed by atoms with Crippen molar-refractivity contribution in [2.45, 2.75) is 65.0 Å². The summed E-state index contributed by atoms with van der Waals surface area (Å²) in [6, 6.07) is 0. The van der Waals surface area contributed by atoms with Gasteiger partial charge in [-0.15, -0.1) is 11.3 Å². The van der Waals surface area contributed by atoms with Gasteiger partial charge in [0.25, 0.3) is 0 Å². The summed E-state index contributed by atoms with van der Waals surface area (Å²) in [4.78, 5) is 36.7. The maximum absolute atomic E-state index is 12.8. The first-order chi connectivity index (χ1) is 14.3. The maximum Gasteiger partial charge on any atom is 0.404 e. The van der Waals surface area contributed by atoms with Gasteiger partial charge in [0, 0.05) is 11.3 Å². The van der Waals surface area contributed by atoms with Gasteiger partial charge in [0.05, 0.1) is 29.5 Å². The van der Waals surface area contributed by atoms with Gasteiger partial charge in [-0.25, -0.2) is 4.79 Å². The van der Waals surface area contributed by atoms with Crippen molar-refractivity contribution in [2.75, 3.05) is 5.32 Å². The van der Waals surface area contributed by atoms with E-state index in [2.05, 4.69) is 26.3 Å². The van der Waals surface area contributed by atoms with E-state index >= 15 is 0 Å². The van der Waals surface area contributed by atoms with Crippen LogP contribution >= 0.6 is 27.3 Å². The van der Waals surface area contributed by atoms with Crippen LogP contribution < -0.4 is 5.32 Å². The molecule has 0 bridgehead atoms. The Hall–Kier alpha value is -2.27. The van der Waals surface area contributed by atoms with Crippen molar-refractivity contribution in [3.05, 3.63) is 36.8 Å². The number of aromatic nitrogens is 2. The average molecular weight is 499 g/mol. The molecule has 0 radical (unpaired) electrons. The molecule has 1 aliphatic carbocycles. The lowest BCUT2D eigenvalue weighted by atomic mass is 9.95. The number of thiophene rings is 1. The number of aryl methyl sites for hydroxylation is 2. The average Bonchev–Trinajstić information content (AvgIpc) is 3.26. The minimum atomic E-state index is -0.591. The standard InChI is InChI=1S/C19H23BrN4O5S/c1-3-11(2)29-19(26)16-12-6-4-5-7-14(12)30-18(16)21-15(25)8-9-23-10-13(20)17(22-23)24(27)28/h10-11H,3-9H2,1-2H3,(H,21,25). The molecule has 1 amide bonds. The third kappa shape index (κ3) is 5.07. The molecule has 11 heteroatoms. The second-order valence-corrected chi connectivity index (χ2v) is 9.12. The summed E-state index contributed by atoms with van der Waals surface area (Å²) in [7, 11) is 0. The highest BCUT2D eigenvalue weighted by atomic mass is 79.9. The van der Waals surface area contributed by atoms with Crippen LogP contribution in [0.4, 0.5) is 10.8 Å². The van der Waals surface area contributed by atoms with Gasteiger partial charge in [-0.05, 0) is 65.4 Å². The van der Waals surface area contributed by atoms with Crippen molar-refractivity contribution < 1.29 is 19.2 Å². The second kappa shape index (κ2) is 9.69. The molecule has 0 saturated heterocycles. The fourth-order valence-corrected chi connectivity index (χ4v) is 4.98. The molecule has 1 unspecified atom stereocenters. The maximum atomic E-state index is 12.8. The van der Waals surface area contributed by atoms with E-state index in [0.29, 0.717) is 17.0 Å². The fraction of sp³-hybridized carbons (Fsp3) is 0.526. The summed E-state index contributed by atoms with van der Waals surface area (Å²) in [5.41, 5.74) is 1.46. The van der Waals surface area contributed by atoms with E-state index in [1.54, 1.807) is 0 Å². The molecule has 9 nitrogen and oxygen atoms in total. The van der Waals surface area contributed by atoms with Gasteiger partial charge in [0.2, 0.25) is 5.91 Å². The van der Waals surface area contributed by atoms with E-state index in [1.165, 1.54) is 22.2 Å². The molecular weight excluding hydrogens is 476 g/mol. The minimum Gasteiger partial charge on any atom is -0.459 e. The van der Waals surface area contributed by atoms with Crippen molar-refractivity contribution in [3.63, 3.8) is 0 Å². The normalized spacial score (nSPS) is 14.1. The van der Waals surface area contributed by atoms with Gasteiger partial charge < -0.3 is 20.2 Å². The quantitative estimate of drug-likeness (QED) is 0.325. The highest BCUT2D eigenvalue weighted by Crippen LogP contribution is 2.39. The van der Waals surface area contributed by atoms with Gasteiger partial charge >= 0.3 is 11.8 Å². The molecule has 0 fully saturated rings. The lowest BCUT2D eigenvalue weighted by molar-refractivity contribution is -0.390. The van der Waals surface area contributed by atoms with Gasteiger partial charge in [-0.1, -0.05) is 6.92 Å². The Labute approximate surface area is 186 Å². The first kappa shape index (κ1) is 22.4. The van der Waals surface area contributed by atoms with Crippen LogP contribution in [0.25, 0.3) is 0 Å². The summed E-state index contributed by atoms with van der Waals surface area (Å²) >= 11 is 4.52. The SMILES string of the molecule is CCC(C)OC(=O)c1c(NC(=O)CCn2cc(Br)c([N+](=O)[O-])n2)sc2c1CCCC2. The number of nitrogens with one attached hydrogen (secondary N) is 1. The molecule has 2 aromatic rings. The zero-order chi connectivity index (χ0) is 21.8. The van der Waals surface area contributed by atoms with Gasteiger partial charge in [-0.3, -0.25) is 4.79 Å². The first-order valence-electron chi connectivity index (χ1n) is 9.82. The number of carbonyl (C=O) groups is 2. The highest BCUT2D eigenvalue weighted by molar-refractivity contribution is 9.10. The van der Waals surface area contributed by atoms with E-state index in [4.69, 9.17) is 4.74 Å². The molecule has 3 rings (SSSR count). The molecular formula is C19H23BrN4O5S. The van der Waals surface area contributed by atoms with Crippen molar-refractivity contribution in [1.29, 1.82) is 0 Å². The van der Waals surface area contributed by atoms with Crippen LogP contribution in [0.2, 0.25) is 0 Å². The van der Waals surface area contributed by atoms with Crippen LogP contribution in [0.15, 0.2) is 10.7 Å². The largest absolute Gasteiger partial charge is 0.459 e. The number of fused-ring (bicyclic) bond motifs is 1. The highest BCUT2D eigenvalue weighted by Gasteiger charge is 2.28. The predicted molar refractivity (Wildman–Crippen MR) is 116 cm³/mol. The number of carbonyl (C=O) groups excluding carboxylic acids is 2. The number of anilines is 1. The Morgan fingerprint density at radius 1 is 1.43 bits per heavy atom. The van der Waals surface area contributed by atoms with E-state index in [-0.39, 0.29) is 35.3 Å². The van der Waals surface area contributed by atoms with Gasteiger partial charge in [0.1, 0.15) is 9.47 Å². The zero-order valence-corrected chi connectivity index (χ0v) is 19.2. The van der Waals surface area contributed by atoms with Crippen LogP contribution in [0.5, 0.6) is 0 Å². The molecule has 1 atom stereocenters. The summed E-state index contributed by atoms with van der Waals surface area (Å²) in [6.07, 6.45) is 5.81.